The summed E-state index contributed by atoms with van der Waals surface area (Å²) in [6, 6.07) is 0. The van der Waals surface area contributed by atoms with Crippen LogP contribution in [0, 0.1) is 0 Å². The number of rotatable bonds is 3. The van der Waals surface area contributed by atoms with Crippen LogP contribution in [0.25, 0.3) is 0 Å². The Bertz CT molecular complexity index is 559. The van der Waals surface area contributed by atoms with E-state index in [4.69, 9.17) is 5.11 Å². The SMILES string of the molecule is O=C(O)C=C(S(=O)(=O)C(F)(F)F)S(=O)(=O)C(F)(F)F. The van der Waals surface area contributed by atoms with Crippen molar-refractivity contribution in [2.45, 2.75) is 11.0 Å². The van der Waals surface area contributed by atoms with Gasteiger partial charge in [0.2, 0.25) is 0 Å². The molecule has 14 heteroatoms. The molecular weight excluding hydrogens is 334 g/mol. The van der Waals surface area contributed by atoms with E-state index in [0.29, 0.717) is 0 Å². The van der Waals surface area contributed by atoms with Crippen molar-refractivity contribution in [2.24, 2.45) is 0 Å². The van der Waals surface area contributed by atoms with Crippen LogP contribution in [-0.4, -0.2) is 38.9 Å². The Morgan fingerprint density at radius 1 is 0.842 bits per heavy atom. The van der Waals surface area contributed by atoms with Crippen LogP contribution in [0.5, 0.6) is 0 Å². The first-order valence-corrected chi connectivity index (χ1v) is 6.59. The molecule has 0 aliphatic carbocycles. The molecule has 0 saturated heterocycles. The quantitative estimate of drug-likeness (QED) is 0.603. The van der Waals surface area contributed by atoms with Crippen LogP contribution in [0.3, 0.4) is 0 Å². The molecule has 0 radical (unpaired) electrons. The minimum Gasteiger partial charge on any atom is -0.478 e. The van der Waals surface area contributed by atoms with Gasteiger partial charge in [-0.2, -0.15) is 26.3 Å². The van der Waals surface area contributed by atoms with Gasteiger partial charge in [0.05, 0.1) is 6.08 Å². The lowest BCUT2D eigenvalue weighted by Gasteiger charge is -2.13. The van der Waals surface area contributed by atoms with Gasteiger partial charge >= 0.3 is 17.0 Å². The van der Waals surface area contributed by atoms with E-state index in [2.05, 4.69) is 0 Å². The third-order valence-electron chi connectivity index (χ3n) is 1.38. The van der Waals surface area contributed by atoms with Crippen LogP contribution in [-0.2, 0) is 24.5 Å². The van der Waals surface area contributed by atoms with Crippen LogP contribution >= 0.6 is 0 Å². The standard InChI is InChI=1S/C5H2F6O6S2/c6-4(7,8)18(14,15)3(1-2(12)13)19(16,17)5(9,10)11/h1H,(H,12,13). The Morgan fingerprint density at radius 3 is 1.26 bits per heavy atom. The number of sulfone groups is 2. The summed E-state index contributed by atoms with van der Waals surface area (Å²) in [5.74, 6) is -2.62. The molecule has 0 rings (SSSR count). The minimum atomic E-state index is -7.00. The molecule has 0 aliphatic heterocycles. The number of halogens is 6. The average Bonchev–Trinajstić information content (AvgIpc) is 2.09. The topological polar surface area (TPSA) is 106 Å². The van der Waals surface area contributed by atoms with Gasteiger partial charge in [0.1, 0.15) is 0 Å². The van der Waals surface area contributed by atoms with Gasteiger partial charge in [-0.3, -0.25) is 0 Å². The summed E-state index contributed by atoms with van der Waals surface area (Å²) in [5.41, 5.74) is -12.8. The average molecular weight is 336 g/mol. The molecule has 0 unspecified atom stereocenters. The summed E-state index contributed by atoms with van der Waals surface area (Å²) in [5, 5.41) is 8.00. The van der Waals surface area contributed by atoms with Crippen molar-refractivity contribution in [3.05, 3.63) is 10.3 Å². The lowest BCUT2D eigenvalue weighted by atomic mass is 10.7. The number of hydrogen-bond donors (Lipinski definition) is 1. The smallest absolute Gasteiger partial charge is 0.478 e. The zero-order chi connectivity index (χ0) is 15.9. The highest BCUT2D eigenvalue weighted by Gasteiger charge is 2.60. The predicted molar refractivity (Wildman–Crippen MR) is 45.7 cm³/mol. The molecule has 0 aromatic carbocycles. The van der Waals surface area contributed by atoms with Gasteiger partial charge in [-0.1, -0.05) is 0 Å². The second-order valence-electron chi connectivity index (χ2n) is 2.70. The lowest BCUT2D eigenvalue weighted by molar-refractivity contribution is -0.131. The fraction of sp³-hybridized carbons (Fsp3) is 0.400. The first kappa shape index (κ1) is 17.7. The van der Waals surface area contributed by atoms with Gasteiger partial charge in [0.15, 0.2) is 4.24 Å². The molecule has 0 fully saturated rings. The van der Waals surface area contributed by atoms with E-state index in [1.165, 1.54) is 0 Å². The molecular formula is C5H2F6O6S2. The molecule has 0 heterocycles. The molecule has 1 N–H and O–H groups in total. The Balaban J connectivity index is 6.49. The maximum atomic E-state index is 12.0. The van der Waals surface area contributed by atoms with Crippen LogP contribution in [0.2, 0.25) is 0 Å². The summed E-state index contributed by atoms with van der Waals surface area (Å²) in [7, 11) is -14.0. The normalized spacial score (nSPS) is 14.0. The molecule has 0 aromatic rings. The second-order valence-corrected chi connectivity index (χ2v) is 6.78. The van der Waals surface area contributed by atoms with Crippen LogP contribution in [0.15, 0.2) is 10.3 Å². The third kappa shape index (κ3) is 3.37. The molecule has 0 bridgehead atoms. The van der Waals surface area contributed by atoms with Gasteiger partial charge in [0, 0.05) is 0 Å². The molecule has 0 aromatic heterocycles. The van der Waals surface area contributed by atoms with Crippen molar-refractivity contribution >= 4 is 25.6 Å². The van der Waals surface area contributed by atoms with Crippen molar-refractivity contribution in [1.29, 1.82) is 0 Å². The molecule has 0 atom stereocenters. The molecule has 0 aliphatic rings. The van der Waals surface area contributed by atoms with Crippen molar-refractivity contribution in [2.75, 3.05) is 0 Å². The Labute approximate surface area is 101 Å². The van der Waals surface area contributed by atoms with Crippen molar-refractivity contribution in [3.63, 3.8) is 0 Å². The molecule has 0 amide bonds. The van der Waals surface area contributed by atoms with E-state index in [1.807, 2.05) is 0 Å². The second kappa shape index (κ2) is 4.66. The number of carboxylic acid groups (broad SMARTS) is 1. The zero-order valence-electron chi connectivity index (χ0n) is 8.15. The van der Waals surface area contributed by atoms with Crippen molar-refractivity contribution in [1.82, 2.24) is 0 Å². The van der Waals surface area contributed by atoms with E-state index in [9.17, 15) is 48.0 Å². The largest absolute Gasteiger partial charge is 0.502 e. The first-order valence-electron chi connectivity index (χ1n) is 3.62. The summed E-state index contributed by atoms with van der Waals surface area (Å²) < 4.78 is 111. The number of hydrogen-bond acceptors (Lipinski definition) is 5. The van der Waals surface area contributed by atoms with Crippen LogP contribution in [0.1, 0.15) is 0 Å². The highest BCUT2D eigenvalue weighted by Crippen LogP contribution is 2.38. The Hall–Kier alpha value is -1.31. The highest BCUT2D eigenvalue weighted by atomic mass is 32.3. The van der Waals surface area contributed by atoms with Gasteiger partial charge in [0.25, 0.3) is 19.7 Å². The number of carboxylic acids is 1. The van der Waals surface area contributed by atoms with Gasteiger partial charge in [-0.15, -0.1) is 0 Å². The molecule has 19 heavy (non-hydrogen) atoms. The molecule has 0 spiro atoms. The third-order valence-corrected chi connectivity index (χ3v) is 5.21. The molecule has 6 nitrogen and oxygen atoms in total. The first-order chi connectivity index (χ1) is 8.05. The van der Waals surface area contributed by atoms with Crippen molar-refractivity contribution < 1.29 is 53.1 Å². The summed E-state index contributed by atoms with van der Waals surface area (Å²) in [4.78, 5) is 10.0. The van der Waals surface area contributed by atoms with E-state index in [0.717, 1.165) is 0 Å². The van der Waals surface area contributed by atoms with Gasteiger partial charge in [-0.05, 0) is 0 Å². The van der Waals surface area contributed by atoms with Crippen molar-refractivity contribution in [3.8, 4) is 0 Å². The molecule has 112 valence electrons. The summed E-state index contributed by atoms with van der Waals surface area (Å²) in [6.07, 6.45) is -1.19. The molecule has 0 saturated carbocycles. The van der Waals surface area contributed by atoms with E-state index in [1.54, 1.807) is 0 Å². The summed E-state index contributed by atoms with van der Waals surface area (Å²) in [6.45, 7) is 0. The highest BCUT2D eigenvalue weighted by molar-refractivity contribution is 8.15. The predicted octanol–water partition coefficient (Wildman–Crippen LogP) is 0.782. The van der Waals surface area contributed by atoms with Gasteiger partial charge < -0.3 is 5.11 Å². The Kier molecular flexibility index (Phi) is 4.34. The number of aliphatic carboxylic acids is 1. The maximum absolute atomic E-state index is 12.0. The van der Waals surface area contributed by atoms with Crippen LogP contribution in [0.4, 0.5) is 26.3 Å². The van der Waals surface area contributed by atoms with E-state index in [-0.39, 0.29) is 0 Å². The number of carbonyl (C=O) groups is 1. The Morgan fingerprint density at radius 2 is 1.11 bits per heavy atom. The fourth-order valence-corrected chi connectivity index (χ4v) is 3.32. The lowest BCUT2D eigenvalue weighted by Crippen LogP contribution is -2.35. The summed E-state index contributed by atoms with van der Waals surface area (Å²) >= 11 is 0. The van der Waals surface area contributed by atoms with Crippen LogP contribution < -0.4 is 0 Å². The fourth-order valence-electron chi connectivity index (χ4n) is 0.629. The number of alkyl halides is 6. The van der Waals surface area contributed by atoms with E-state index >= 15 is 0 Å². The van der Waals surface area contributed by atoms with Gasteiger partial charge in [-0.25, -0.2) is 21.6 Å². The minimum absolute atomic E-state index is 1.19. The maximum Gasteiger partial charge on any atom is 0.502 e. The zero-order valence-corrected chi connectivity index (χ0v) is 9.78. The van der Waals surface area contributed by atoms with E-state index < -0.39 is 47.0 Å². The monoisotopic (exact) mass is 336 g/mol.